The third-order valence-corrected chi connectivity index (χ3v) is 4.72. The molecule has 1 aromatic rings. The van der Waals surface area contributed by atoms with Crippen LogP contribution in [0.1, 0.15) is 37.0 Å². The molecule has 0 aromatic carbocycles. The van der Waals surface area contributed by atoms with Crippen molar-refractivity contribution in [1.29, 1.82) is 0 Å². The zero-order valence-corrected chi connectivity index (χ0v) is 12.0. The molecule has 0 aliphatic carbocycles. The summed E-state index contributed by atoms with van der Waals surface area (Å²) in [6.45, 7) is 5.31. The summed E-state index contributed by atoms with van der Waals surface area (Å²) < 4.78 is 1.02. The zero-order chi connectivity index (χ0) is 11.7. The predicted molar refractivity (Wildman–Crippen MR) is 70.9 cm³/mol. The molecule has 0 N–H and O–H groups in total. The molecule has 1 aliphatic rings. The third kappa shape index (κ3) is 2.48. The van der Waals surface area contributed by atoms with E-state index >= 15 is 0 Å². The SMILES string of the molecule is CC1CCN(C(=O)c2csc(Br)c2)C(C)C1. The second-order valence-corrected chi connectivity index (χ2v) is 6.91. The summed E-state index contributed by atoms with van der Waals surface area (Å²) in [6, 6.07) is 2.28. The van der Waals surface area contributed by atoms with Crippen LogP contribution in [0.4, 0.5) is 0 Å². The molecular weight excluding hydrogens is 286 g/mol. The second kappa shape index (κ2) is 4.88. The van der Waals surface area contributed by atoms with Gasteiger partial charge in [0.15, 0.2) is 0 Å². The van der Waals surface area contributed by atoms with Crippen LogP contribution >= 0.6 is 27.3 Å². The van der Waals surface area contributed by atoms with Gasteiger partial charge in [-0.25, -0.2) is 0 Å². The van der Waals surface area contributed by atoms with Crippen LogP contribution in [0, 0.1) is 5.92 Å². The smallest absolute Gasteiger partial charge is 0.254 e. The third-order valence-electron chi connectivity index (χ3n) is 3.21. The average Bonchev–Trinajstić information content (AvgIpc) is 2.64. The highest BCUT2D eigenvalue weighted by Crippen LogP contribution is 2.26. The summed E-state index contributed by atoms with van der Waals surface area (Å²) in [5.41, 5.74) is 0.818. The molecule has 16 heavy (non-hydrogen) atoms. The van der Waals surface area contributed by atoms with E-state index in [1.807, 2.05) is 16.3 Å². The Morgan fingerprint density at radius 2 is 2.31 bits per heavy atom. The topological polar surface area (TPSA) is 20.3 Å². The molecule has 1 amide bonds. The van der Waals surface area contributed by atoms with Crippen LogP contribution in [0.5, 0.6) is 0 Å². The number of carbonyl (C=O) groups excluding carboxylic acids is 1. The van der Waals surface area contributed by atoms with Crippen molar-refractivity contribution in [2.75, 3.05) is 6.54 Å². The van der Waals surface area contributed by atoms with Crippen molar-refractivity contribution >= 4 is 33.2 Å². The van der Waals surface area contributed by atoms with Gasteiger partial charge in [0.25, 0.3) is 5.91 Å². The van der Waals surface area contributed by atoms with Crippen molar-refractivity contribution in [1.82, 2.24) is 4.90 Å². The number of carbonyl (C=O) groups is 1. The number of amides is 1. The molecule has 1 aliphatic heterocycles. The van der Waals surface area contributed by atoms with Gasteiger partial charge >= 0.3 is 0 Å². The highest BCUT2D eigenvalue weighted by Gasteiger charge is 2.27. The van der Waals surface area contributed by atoms with Gasteiger partial charge in [0.05, 0.1) is 9.35 Å². The van der Waals surface area contributed by atoms with Gasteiger partial charge in [0.1, 0.15) is 0 Å². The summed E-state index contributed by atoms with van der Waals surface area (Å²) in [4.78, 5) is 14.3. The van der Waals surface area contributed by atoms with Crippen molar-refractivity contribution in [3.63, 3.8) is 0 Å². The summed E-state index contributed by atoms with van der Waals surface area (Å²) in [6.07, 6.45) is 2.25. The Morgan fingerprint density at radius 3 is 2.88 bits per heavy atom. The predicted octanol–water partition coefficient (Wildman–Crippen LogP) is 3.77. The Hall–Kier alpha value is -0.350. The van der Waals surface area contributed by atoms with Gasteiger partial charge in [-0.15, -0.1) is 11.3 Å². The van der Waals surface area contributed by atoms with E-state index in [1.165, 1.54) is 0 Å². The first kappa shape index (κ1) is 12.1. The van der Waals surface area contributed by atoms with Gasteiger partial charge in [-0.05, 0) is 47.7 Å². The van der Waals surface area contributed by atoms with E-state index in [0.29, 0.717) is 6.04 Å². The standard InChI is InChI=1S/C12H16BrNOS/c1-8-3-4-14(9(2)5-8)12(15)10-6-11(13)16-7-10/h6-9H,3-5H2,1-2H3. The van der Waals surface area contributed by atoms with Gasteiger partial charge in [0, 0.05) is 18.0 Å². The Kier molecular flexibility index (Phi) is 3.70. The van der Waals surface area contributed by atoms with Crippen LogP contribution in [0.3, 0.4) is 0 Å². The number of halogens is 1. The maximum Gasteiger partial charge on any atom is 0.254 e. The van der Waals surface area contributed by atoms with Gasteiger partial charge in [-0.3, -0.25) is 4.79 Å². The quantitative estimate of drug-likeness (QED) is 0.773. The molecule has 1 saturated heterocycles. The van der Waals surface area contributed by atoms with Crippen molar-refractivity contribution in [3.8, 4) is 0 Å². The molecule has 0 saturated carbocycles. The van der Waals surface area contributed by atoms with E-state index in [4.69, 9.17) is 0 Å². The molecule has 2 nitrogen and oxygen atoms in total. The largest absolute Gasteiger partial charge is 0.336 e. The molecule has 0 spiro atoms. The fourth-order valence-corrected chi connectivity index (χ4v) is 3.43. The number of hydrogen-bond donors (Lipinski definition) is 0. The summed E-state index contributed by atoms with van der Waals surface area (Å²) >= 11 is 4.96. The van der Waals surface area contributed by atoms with Crippen molar-refractivity contribution in [2.24, 2.45) is 5.92 Å². The normalized spacial score (nSPS) is 25.8. The lowest BCUT2D eigenvalue weighted by Gasteiger charge is -2.36. The van der Waals surface area contributed by atoms with E-state index in [1.54, 1.807) is 11.3 Å². The zero-order valence-electron chi connectivity index (χ0n) is 9.57. The monoisotopic (exact) mass is 301 g/mol. The molecule has 2 atom stereocenters. The Labute approximate surface area is 109 Å². The minimum absolute atomic E-state index is 0.182. The molecule has 2 heterocycles. The van der Waals surface area contributed by atoms with Crippen molar-refractivity contribution in [2.45, 2.75) is 32.7 Å². The molecule has 2 unspecified atom stereocenters. The minimum Gasteiger partial charge on any atom is -0.336 e. The summed E-state index contributed by atoms with van der Waals surface area (Å²) in [5, 5.41) is 1.93. The number of nitrogens with zero attached hydrogens (tertiary/aromatic N) is 1. The van der Waals surface area contributed by atoms with Gasteiger partial charge < -0.3 is 4.90 Å². The lowest BCUT2D eigenvalue weighted by molar-refractivity contribution is 0.0589. The first-order chi connectivity index (χ1) is 7.58. The van der Waals surface area contributed by atoms with E-state index < -0.39 is 0 Å². The van der Waals surface area contributed by atoms with Crippen LogP contribution in [0.25, 0.3) is 0 Å². The highest BCUT2D eigenvalue weighted by molar-refractivity contribution is 9.11. The molecule has 0 radical (unpaired) electrons. The van der Waals surface area contributed by atoms with Gasteiger partial charge in [-0.2, -0.15) is 0 Å². The molecule has 0 bridgehead atoms. The minimum atomic E-state index is 0.182. The van der Waals surface area contributed by atoms with Crippen LogP contribution in [0.15, 0.2) is 15.2 Å². The van der Waals surface area contributed by atoms with Crippen LogP contribution in [0.2, 0.25) is 0 Å². The lowest BCUT2D eigenvalue weighted by atomic mass is 9.93. The summed E-state index contributed by atoms with van der Waals surface area (Å²) in [7, 11) is 0. The maximum atomic E-state index is 12.2. The first-order valence-electron chi connectivity index (χ1n) is 5.63. The molecule has 2 rings (SSSR count). The van der Waals surface area contributed by atoms with E-state index in [9.17, 15) is 4.79 Å². The van der Waals surface area contributed by atoms with E-state index in [-0.39, 0.29) is 5.91 Å². The molecule has 4 heteroatoms. The number of thiophene rings is 1. The highest BCUT2D eigenvalue weighted by atomic mass is 79.9. The summed E-state index contributed by atoms with van der Waals surface area (Å²) in [5.74, 6) is 0.926. The van der Waals surface area contributed by atoms with Crippen LogP contribution in [-0.2, 0) is 0 Å². The Bertz CT molecular complexity index is 390. The molecular formula is C12H16BrNOS. The van der Waals surface area contributed by atoms with Crippen molar-refractivity contribution in [3.05, 3.63) is 20.8 Å². The number of piperidine rings is 1. The molecule has 1 aromatic heterocycles. The second-order valence-electron chi connectivity index (χ2n) is 4.62. The fraction of sp³-hybridized carbons (Fsp3) is 0.583. The van der Waals surface area contributed by atoms with Crippen LogP contribution in [-0.4, -0.2) is 23.4 Å². The maximum absolute atomic E-state index is 12.2. The molecule has 1 fully saturated rings. The lowest BCUT2D eigenvalue weighted by Crippen LogP contribution is -2.44. The average molecular weight is 302 g/mol. The van der Waals surface area contributed by atoms with E-state index in [0.717, 1.165) is 34.7 Å². The Balaban J connectivity index is 2.10. The fourth-order valence-electron chi connectivity index (χ4n) is 2.30. The Morgan fingerprint density at radius 1 is 1.56 bits per heavy atom. The number of hydrogen-bond acceptors (Lipinski definition) is 2. The number of likely N-dealkylation sites (tertiary alicyclic amines) is 1. The van der Waals surface area contributed by atoms with Gasteiger partial charge in [-0.1, -0.05) is 6.92 Å². The molecule has 88 valence electrons. The van der Waals surface area contributed by atoms with E-state index in [2.05, 4.69) is 29.8 Å². The number of rotatable bonds is 1. The first-order valence-corrected chi connectivity index (χ1v) is 7.30. The van der Waals surface area contributed by atoms with Crippen molar-refractivity contribution < 1.29 is 4.79 Å². The van der Waals surface area contributed by atoms with Gasteiger partial charge in [0.2, 0.25) is 0 Å². The van der Waals surface area contributed by atoms with Crippen LogP contribution < -0.4 is 0 Å².